The molecule has 0 aromatic carbocycles. The van der Waals surface area contributed by atoms with E-state index in [1.807, 2.05) is 0 Å². The molecule has 1 heterocycles. The molecule has 1 aromatic heterocycles. The zero-order valence-corrected chi connectivity index (χ0v) is 9.81. The summed E-state index contributed by atoms with van der Waals surface area (Å²) in [6.07, 6.45) is 2.81. The van der Waals surface area contributed by atoms with Crippen molar-refractivity contribution in [1.82, 2.24) is 19.9 Å². The molecule has 1 aromatic rings. The molecule has 2 N–H and O–H groups in total. The molecule has 0 aliphatic carbocycles. The van der Waals surface area contributed by atoms with Gasteiger partial charge in [0, 0.05) is 13.0 Å². The summed E-state index contributed by atoms with van der Waals surface area (Å²) in [5.74, 6) is 0.767. The number of hydrogen-bond acceptors (Lipinski definition) is 4. The monoisotopic (exact) mass is 282 g/mol. The number of alkyl halides is 1. The van der Waals surface area contributed by atoms with Crippen molar-refractivity contribution in [2.24, 2.45) is 0 Å². The van der Waals surface area contributed by atoms with Crippen LogP contribution in [-0.2, 0) is 16.4 Å². The van der Waals surface area contributed by atoms with E-state index in [1.165, 1.54) is 6.33 Å². The summed E-state index contributed by atoms with van der Waals surface area (Å²) in [4.78, 5) is 3.92. The molecular formula is C6H11BrN4O2S. The van der Waals surface area contributed by atoms with Crippen LogP contribution in [0.4, 0.5) is 0 Å². The molecule has 1 rings (SSSR count). The third-order valence-electron chi connectivity index (χ3n) is 1.52. The van der Waals surface area contributed by atoms with Gasteiger partial charge in [-0.25, -0.2) is 18.1 Å². The molecule has 0 amide bonds. The number of halogens is 1. The molecular weight excluding hydrogens is 272 g/mol. The second kappa shape index (κ2) is 5.42. The Labute approximate surface area is 90.7 Å². The highest BCUT2D eigenvalue weighted by molar-refractivity contribution is 9.10. The summed E-state index contributed by atoms with van der Waals surface area (Å²) in [5.41, 5.74) is 0. The minimum Gasteiger partial charge on any atom is -0.263 e. The molecule has 0 spiro atoms. The van der Waals surface area contributed by atoms with Crippen LogP contribution in [0.15, 0.2) is 6.33 Å². The van der Waals surface area contributed by atoms with Gasteiger partial charge >= 0.3 is 0 Å². The maximum absolute atomic E-state index is 11.0. The molecule has 0 saturated carbocycles. The largest absolute Gasteiger partial charge is 0.263 e. The minimum absolute atomic E-state index is 0.0672. The van der Waals surface area contributed by atoms with E-state index in [2.05, 4.69) is 35.8 Å². The number of rotatable bonds is 6. The van der Waals surface area contributed by atoms with E-state index >= 15 is 0 Å². The molecule has 6 nitrogen and oxygen atoms in total. The van der Waals surface area contributed by atoms with Crippen molar-refractivity contribution in [3.8, 4) is 0 Å². The zero-order chi connectivity index (χ0) is 10.4. The first kappa shape index (κ1) is 11.6. The fourth-order valence-electron chi connectivity index (χ4n) is 0.873. The number of hydrogen-bond donors (Lipinski definition) is 2. The van der Waals surface area contributed by atoms with Gasteiger partial charge in [-0.1, -0.05) is 15.9 Å². The fraction of sp³-hybridized carbons (Fsp3) is 0.667. The van der Waals surface area contributed by atoms with Crippen LogP contribution in [-0.4, -0.2) is 34.8 Å². The van der Waals surface area contributed by atoms with Crippen LogP contribution in [0, 0.1) is 0 Å². The van der Waals surface area contributed by atoms with E-state index < -0.39 is 10.0 Å². The first-order chi connectivity index (χ1) is 6.64. The van der Waals surface area contributed by atoms with Crippen molar-refractivity contribution in [1.29, 1.82) is 0 Å². The maximum atomic E-state index is 11.0. The second-order valence-electron chi connectivity index (χ2n) is 2.65. The van der Waals surface area contributed by atoms with Gasteiger partial charge in [0.2, 0.25) is 10.0 Å². The van der Waals surface area contributed by atoms with E-state index in [9.17, 15) is 8.42 Å². The molecule has 0 bridgehead atoms. The number of sulfonamides is 1. The third kappa shape index (κ3) is 4.16. The average Bonchev–Trinajstić information content (AvgIpc) is 2.65. The van der Waals surface area contributed by atoms with Gasteiger partial charge in [-0.05, 0) is 6.42 Å². The van der Waals surface area contributed by atoms with Crippen molar-refractivity contribution in [2.45, 2.75) is 12.8 Å². The first-order valence-electron chi connectivity index (χ1n) is 4.01. The summed E-state index contributed by atoms with van der Waals surface area (Å²) >= 11 is 2.88. The van der Waals surface area contributed by atoms with Crippen LogP contribution in [0.1, 0.15) is 12.2 Å². The number of nitrogens with zero attached hydrogens (tertiary/aromatic N) is 2. The molecule has 14 heavy (non-hydrogen) atoms. The molecule has 0 saturated heterocycles. The van der Waals surface area contributed by atoms with Gasteiger partial charge in [-0.3, -0.25) is 5.10 Å². The van der Waals surface area contributed by atoms with Crippen molar-refractivity contribution in [2.75, 3.05) is 11.2 Å². The predicted molar refractivity (Wildman–Crippen MR) is 55.4 cm³/mol. The van der Waals surface area contributed by atoms with E-state index in [0.717, 1.165) is 5.82 Å². The van der Waals surface area contributed by atoms with E-state index in [-0.39, 0.29) is 4.66 Å². The Kier molecular flexibility index (Phi) is 4.49. The van der Waals surface area contributed by atoms with Crippen LogP contribution in [0.2, 0.25) is 0 Å². The van der Waals surface area contributed by atoms with E-state index in [4.69, 9.17) is 0 Å². The quantitative estimate of drug-likeness (QED) is 0.568. The normalized spacial score (nSPS) is 11.8. The molecule has 0 atom stereocenters. The molecule has 0 unspecified atom stereocenters. The minimum atomic E-state index is -3.14. The van der Waals surface area contributed by atoms with Crippen molar-refractivity contribution in [3.63, 3.8) is 0 Å². The lowest BCUT2D eigenvalue weighted by Gasteiger charge is -2.01. The number of aromatic amines is 1. The van der Waals surface area contributed by atoms with Gasteiger partial charge in [0.05, 0.1) is 0 Å². The summed E-state index contributed by atoms with van der Waals surface area (Å²) in [6.45, 7) is 0.411. The highest BCUT2D eigenvalue weighted by Gasteiger charge is 2.05. The lowest BCUT2D eigenvalue weighted by Crippen LogP contribution is -2.25. The lowest BCUT2D eigenvalue weighted by molar-refractivity contribution is 0.583. The Bertz CT molecular complexity index is 350. The van der Waals surface area contributed by atoms with Gasteiger partial charge in [0.15, 0.2) is 0 Å². The van der Waals surface area contributed by atoms with E-state index in [0.29, 0.717) is 19.4 Å². The fourth-order valence-corrected chi connectivity index (χ4v) is 1.89. The zero-order valence-electron chi connectivity index (χ0n) is 7.40. The molecule has 0 aliphatic rings. The number of H-pyrrole nitrogens is 1. The Morgan fingerprint density at radius 1 is 1.57 bits per heavy atom. The molecule has 0 radical (unpaired) electrons. The summed E-state index contributed by atoms with van der Waals surface area (Å²) in [5, 5.41) is 6.38. The third-order valence-corrected chi connectivity index (χ3v) is 4.26. The van der Waals surface area contributed by atoms with Crippen LogP contribution in [0.5, 0.6) is 0 Å². The molecule has 0 fully saturated rings. The smallest absolute Gasteiger partial charge is 0.221 e. The Hall–Kier alpha value is -0.470. The van der Waals surface area contributed by atoms with Crippen molar-refractivity contribution in [3.05, 3.63) is 12.2 Å². The van der Waals surface area contributed by atoms with Gasteiger partial charge in [-0.2, -0.15) is 5.10 Å². The Morgan fingerprint density at radius 2 is 2.36 bits per heavy atom. The Morgan fingerprint density at radius 3 is 2.93 bits per heavy atom. The van der Waals surface area contributed by atoms with Crippen molar-refractivity contribution < 1.29 is 8.42 Å². The summed E-state index contributed by atoms with van der Waals surface area (Å²) in [7, 11) is -3.14. The van der Waals surface area contributed by atoms with Gasteiger partial charge in [-0.15, -0.1) is 0 Å². The van der Waals surface area contributed by atoms with Crippen molar-refractivity contribution >= 4 is 26.0 Å². The molecule has 80 valence electrons. The van der Waals surface area contributed by atoms with Crippen LogP contribution in [0.3, 0.4) is 0 Å². The highest BCUT2D eigenvalue weighted by Crippen LogP contribution is 1.94. The van der Waals surface area contributed by atoms with Crippen LogP contribution in [0.25, 0.3) is 0 Å². The van der Waals surface area contributed by atoms with E-state index in [1.54, 1.807) is 0 Å². The second-order valence-corrected chi connectivity index (χ2v) is 5.76. The maximum Gasteiger partial charge on any atom is 0.221 e. The van der Waals surface area contributed by atoms with Gasteiger partial charge in [0.25, 0.3) is 0 Å². The number of nitrogens with one attached hydrogen (secondary N) is 2. The van der Waals surface area contributed by atoms with Gasteiger partial charge in [0.1, 0.15) is 16.8 Å². The molecule has 0 aliphatic heterocycles. The predicted octanol–water partition coefficient (Wildman–Crippen LogP) is 0.00910. The highest BCUT2D eigenvalue weighted by atomic mass is 79.9. The lowest BCUT2D eigenvalue weighted by atomic mass is 10.3. The summed E-state index contributed by atoms with van der Waals surface area (Å²) in [6, 6.07) is 0. The van der Waals surface area contributed by atoms with Gasteiger partial charge < -0.3 is 0 Å². The average molecular weight is 283 g/mol. The Balaban J connectivity index is 2.17. The first-order valence-corrected chi connectivity index (χ1v) is 6.79. The topological polar surface area (TPSA) is 87.7 Å². The van der Waals surface area contributed by atoms with Crippen LogP contribution < -0.4 is 4.72 Å². The standard InChI is InChI=1S/C6H11BrN4O2S/c7-4-14(12,13)10-3-1-2-6-8-5-9-11-6/h5,10H,1-4H2,(H,8,9,11). The molecule has 8 heteroatoms. The van der Waals surface area contributed by atoms with Crippen LogP contribution >= 0.6 is 15.9 Å². The summed E-state index contributed by atoms with van der Waals surface area (Å²) < 4.78 is 24.3. The SMILES string of the molecule is O=S(=O)(CBr)NCCCc1ncn[nH]1. The number of aryl methyl sites for hydroxylation is 1. The number of aromatic nitrogens is 3.